The molecular weight excluding hydrogens is 238 g/mol. The molecule has 1 fully saturated rings. The number of carboxylic acid groups (broad SMARTS) is 1. The number of hydrogen-bond donors (Lipinski definition) is 1. The molecule has 1 N–H and O–H groups in total. The van der Waals surface area contributed by atoms with E-state index in [0.29, 0.717) is 5.69 Å². The molecule has 1 aromatic heterocycles. The second-order valence-electron chi connectivity index (χ2n) is 4.03. The first kappa shape index (κ1) is 11.4. The van der Waals surface area contributed by atoms with Crippen LogP contribution in [0.15, 0.2) is 5.38 Å². The molecule has 0 unspecified atom stereocenters. The van der Waals surface area contributed by atoms with Crippen molar-refractivity contribution in [3.63, 3.8) is 0 Å². The van der Waals surface area contributed by atoms with E-state index in [-0.39, 0.29) is 12.8 Å². The topological polar surface area (TPSA) is 63.1 Å². The number of hydrogen-bond acceptors (Lipinski definition) is 4. The molecular formula is C9H10F2N2O2S. The summed E-state index contributed by atoms with van der Waals surface area (Å²) in [6, 6.07) is 0. The molecule has 0 spiro atoms. The predicted molar refractivity (Wildman–Crippen MR) is 52.6 cm³/mol. The zero-order valence-corrected chi connectivity index (χ0v) is 9.14. The van der Waals surface area contributed by atoms with Crippen LogP contribution >= 0.6 is 11.5 Å². The lowest BCUT2D eigenvalue weighted by Gasteiger charge is -2.35. The Labute approximate surface area is 94.5 Å². The summed E-state index contributed by atoms with van der Waals surface area (Å²) in [4.78, 5) is 11.3. The van der Waals surface area contributed by atoms with Crippen LogP contribution in [0.4, 0.5) is 8.78 Å². The Balaban J connectivity index is 2.30. The Morgan fingerprint density at radius 1 is 1.38 bits per heavy atom. The largest absolute Gasteiger partial charge is 0.481 e. The minimum absolute atomic E-state index is 0.0826. The summed E-state index contributed by atoms with van der Waals surface area (Å²) in [5.41, 5.74) is -0.963. The Morgan fingerprint density at radius 3 is 2.44 bits per heavy atom. The molecule has 0 aliphatic heterocycles. The molecule has 7 heteroatoms. The van der Waals surface area contributed by atoms with Gasteiger partial charge >= 0.3 is 5.97 Å². The number of carbonyl (C=O) groups is 1. The van der Waals surface area contributed by atoms with Gasteiger partial charge in [-0.1, -0.05) is 4.49 Å². The van der Waals surface area contributed by atoms with Crippen molar-refractivity contribution in [1.82, 2.24) is 9.59 Å². The number of aliphatic carboxylic acids is 1. The summed E-state index contributed by atoms with van der Waals surface area (Å²) in [7, 11) is 0. The second-order valence-corrected chi connectivity index (χ2v) is 4.64. The molecule has 0 atom stereocenters. The van der Waals surface area contributed by atoms with Gasteiger partial charge in [0.25, 0.3) is 0 Å². The van der Waals surface area contributed by atoms with E-state index in [2.05, 4.69) is 9.59 Å². The Bertz CT molecular complexity index is 384. The monoisotopic (exact) mass is 248 g/mol. The lowest BCUT2D eigenvalue weighted by atomic mass is 9.71. The molecule has 1 aromatic rings. The Kier molecular flexibility index (Phi) is 2.65. The molecule has 0 amide bonds. The van der Waals surface area contributed by atoms with E-state index < -0.39 is 30.1 Å². The van der Waals surface area contributed by atoms with E-state index in [4.69, 9.17) is 0 Å². The average Bonchev–Trinajstić information content (AvgIpc) is 2.71. The van der Waals surface area contributed by atoms with Crippen molar-refractivity contribution < 1.29 is 18.7 Å². The third kappa shape index (κ3) is 1.79. The van der Waals surface area contributed by atoms with Gasteiger partial charge in [-0.05, 0) is 24.4 Å². The highest BCUT2D eigenvalue weighted by Crippen LogP contribution is 2.45. The molecule has 0 aromatic carbocycles. The standard InChI is InChI=1S/C9H10F2N2O2S/c10-9(11)3-1-8(2-4-9,7(14)15)6-5-16-13-12-6/h5H,1-4H2,(H,14,15). The number of nitrogens with zero attached hydrogens (tertiary/aromatic N) is 2. The zero-order chi connectivity index (χ0) is 11.8. The zero-order valence-electron chi connectivity index (χ0n) is 8.32. The number of carboxylic acids is 1. The van der Waals surface area contributed by atoms with Crippen molar-refractivity contribution in [2.45, 2.75) is 37.0 Å². The summed E-state index contributed by atoms with van der Waals surface area (Å²) in [6.45, 7) is 0. The van der Waals surface area contributed by atoms with Gasteiger partial charge in [-0.2, -0.15) is 0 Å². The Hall–Kier alpha value is -1.11. The molecule has 0 radical (unpaired) electrons. The van der Waals surface area contributed by atoms with Gasteiger partial charge in [0.15, 0.2) is 0 Å². The lowest BCUT2D eigenvalue weighted by molar-refractivity contribution is -0.149. The first-order valence-electron chi connectivity index (χ1n) is 4.85. The minimum atomic E-state index is -2.75. The summed E-state index contributed by atoms with van der Waals surface area (Å²) < 4.78 is 29.7. The van der Waals surface area contributed by atoms with Crippen LogP contribution in [0.1, 0.15) is 31.4 Å². The van der Waals surface area contributed by atoms with E-state index in [1.165, 1.54) is 5.38 Å². The van der Waals surface area contributed by atoms with Gasteiger partial charge in [-0.25, -0.2) is 8.78 Å². The van der Waals surface area contributed by atoms with Crippen molar-refractivity contribution >= 4 is 17.5 Å². The van der Waals surface area contributed by atoms with Crippen molar-refractivity contribution in [1.29, 1.82) is 0 Å². The summed E-state index contributed by atoms with van der Waals surface area (Å²) >= 11 is 1.04. The maximum absolute atomic E-state index is 13.0. The van der Waals surface area contributed by atoms with E-state index >= 15 is 0 Å². The first-order chi connectivity index (χ1) is 7.46. The van der Waals surface area contributed by atoms with E-state index in [0.717, 1.165) is 11.5 Å². The SMILES string of the molecule is O=C(O)C1(c2csnn2)CCC(F)(F)CC1. The number of aromatic nitrogens is 2. The van der Waals surface area contributed by atoms with Crippen molar-refractivity contribution in [3.8, 4) is 0 Å². The maximum Gasteiger partial charge on any atom is 0.315 e. The van der Waals surface area contributed by atoms with Crippen LogP contribution in [0.5, 0.6) is 0 Å². The second kappa shape index (κ2) is 3.73. The highest BCUT2D eigenvalue weighted by molar-refractivity contribution is 7.03. The van der Waals surface area contributed by atoms with E-state index in [1.54, 1.807) is 0 Å². The third-order valence-corrected chi connectivity index (χ3v) is 3.60. The van der Waals surface area contributed by atoms with Crippen LogP contribution < -0.4 is 0 Å². The van der Waals surface area contributed by atoms with Crippen LogP contribution in [0.2, 0.25) is 0 Å². The predicted octanol–water partition coefficient (Wildman–Crippen LogP) is 2.07. The summed E-state index contributed by atoms with van der Waals surface area (Å²) in [6.07, 6.45) is -0.977. The highest BCUT2D eigenvalue weighted by Gasteiger charge is 2.50. The van der Waals surface area contributed by atoms with Gasteiger partial charge in [0.2, 0.25) is 5.92 Å². The van der Waals surface area contributed by atoms with Crippen LogP contribution in [0.25, 0.3) is 0 Å². The van der Waals surface area contributed by atoms with Crippen LogP contribution in [-0.2, 0) is 10.2 Å². The van der Waals surface area contributed by atoms with Crippen LogP contribution in [-0.4, -0.2) is 26.6 Å². The molecule has 88 valence electrons. The molecule has 0 bridgehead atoms. The van der Waals surface area contributed by atoms with Gasteiger partial charge in [-0.3, -0.25) is 4.79 Å². The maximum atomic E-state index is 13.0. The molecule has 1 aliphatic carbocycles. The fourth-order valence-electron chi connectivity index (χ4n) is 2.00. The van der Waals surface area contributed by atoms with Crippen LogP contribution in [0.3, 0.4) is 0 Å². The molecule has 16 heavy (non-hydrogen) atoms. The quantitative estimate of drug-likeness (QED) is 0.870. The molecule has 4 nitrogen and oxygen atoms in total. The van der Waals surface area contributed by atoms with Crippen molar-refractivity contribution in [2.75, 3.05) is 0 Å². The minimum Gasteiger partial charge on any atom is -0.481 e. The molecule has 1 heterocycles. The van der Waals surface area contributed by atoms with E-state index in [9.17, 15) is 18.7 Å². The average molecular weight is 248 g/mol. The first-order valence-corrected chi connectivity index (χ1v) is 5.69. The number of alkyl halides is 2. The van der Waals surface area contributed by atoms with Crippen molar-refractivity contribution in [3.05, 3.63) is 11.1 Å². The van der Waals surface area contributed by atoms with Gasteiger partial charge < -0.3 is 5.11 Å². The fourth-order valence-corrected chi connectivity index (χ4v) is 2.55. The normalized spacial score (nSPS) is 22.9. The van der Waals surface area contributed by atoms with Crippen LogP contribution in [0, 0.1) is 0 Å². The molecule has 1 saturated carbocycles. The lowest BCUT2D eigenvalue weighted by Crippen LogP contribution is -2.43. The summed E-state index contributed by atoms with van der Waals surface area (Å²) in [5.74, 6) is -3.83. The van der Waals surface area contributed by atoms with Gasteiger partial charge in [0.05, 0.1) is 5.69 Å². The number of rotatable bonds is 2. The van der Waals surface area contributed by atoms with Gasteiger partial charge in [-0.15, -0.1) is 5.10 Å². The molecule has 1 aliphatic rings. The number of halogens is 2. The highest BCUT2D eigenvalue weighted by atomic mass is 32.1. The van der Waals surface area contributed by atoms with Crippen molar-refractivity contribution in [2.24, 2.45) is 0 Å². The van der Waals surface area contributed by atoms with Gasteiger partial charge in [0, 0.05) is 18.2 Å². The third-order valence-electron chi connectivity index (χ3n) is 3.09. The Morgan fingerprint density at radius 2 is 2.00 bits per heavy atom. The fraction of sp³-hybridized carbons (Fsp3) is 0.667. The summed E-state index contributed by atoms with van der Waals surface area (Å²) in [5, 5.41) is 14.5. The molecule has 2 rings (SSSR count). The smallest absolute Gasteiger partial charge is 0.315 e. The molecule has 0 saturated heterocycles. The van der Waals surface area contributed by atoms with Gasteiger partial charge in [0.1, 0.15) is 5.41 Å². The van der Waals surface area contributed by atoms with E-state index in [1.807, 2.05) is 0 Å².